The number of carbonyl (C=O) groups is 2. The lowest BCUT2D eigenvalue weighted by molar-refractivity contribution is -0.132. The number of halogens is 2. The SMILES string of the molecule is CCOc1ccc(C2/C(=C(\O)c3ccc(OC(C)C)c(C)c3)C(=O)C(=O)N2c2ccc(F)c(F)c2)cc1. The minimum Gasteiger partial charge on any atom is -0.507 e. The Morgan fingerprint density at radius 3 is 2.30 bits per heavy atom. The number of ketones is 1. The molecular weight excluding hydrogens is 480 g/mol. The maximum absolute atomic E-state index is 14.1. The summed E-state index contributed by atoms with van der Waals surface area (Å²) in [5, 5.41) is 11.3. The molecule has 8 heteroatoms. The predicted molar refractivity (Wildman–Crippen MR) is 136 cm³/mol. The molecule has 192 valence electrons. The average molecular weight is 508 g/mol. The van der Waals surface area contributed by atoms with E-state index in [1.807, 2.05) is 20.8 Å². The fraction of sp³-hybridized carbons (Fsp3) is 0.241. The van der Waals surface area contributed by atoms with Gasteiger partial charge < -0.3 is 14.6 Å². The van der Waals surface area contributed by atoms with Gasteiger partial charge in [-0.1, -0.05) is 12.1 Å². The van der Waals surface area contributed by atoms with E-state index in [0.717, 1.165) is 22.6 Å². The van der Waals surface area contributed by atoms with Crippen LogP contribution in [0.5, 0.6) is 11.5 Å². The van der Waals surface area contributed by atoms with Crippen LogP contribution < -0.4 is 14.4 Å². The van der Waals surface area contributed by atoms with Crippen molar-refractivity contribution in [2.24, 2.45) is 0 Å². The molecule has 1 aliphatic rings. The van der Waals surface area contributed by atoms with Crippen LogP contribution >= 0.6 is 0 Å². The van der Waals surface area contributed by atoms with E-state index >= 15 is 0 Å². The van der Waals surface area contributed by atoms with Crippen molar-refractivity contribution in [3.05, 3.63) is 94.6 Å². The van der Waals surface area contributed by atoms with E-state index in [0.29, 0.717) is 29.2 Å². The summed E-state index contributed by atoms with van der Waals surface area (Å²) in [5.74, 6) is -3.35. The lowest BCUT2D eigenvalue weighted by Gasteiger charge is -2.25. The number of aliphatic hydroxyl groups is 1. The van der Waals surface area contributed by atoms with Gasteiger partial charge in [0.25, 0.3) is 11.7 Å². The van der Waals surface area contributed by atoms with Gasteiger partial charge in [-0.3, -0.25) is 14.5 Å². The molecule has 1 heterocycles. The fourth-order valence-corrected chi connectivity index (χ4v) is 4.30. The summed E-state index contributed by atoms with van der Waals surface area (Å²) in [7, 11) is 0. The first-order valence-electron chi connectivity index (χ1n) is 11.9. The highest BCUT2D eigenvalue weighted by atomic mass is 19.2. The number of benzene rings is 3. The van der Waals surface area contributed by atoms with Crippen LogP contribution in [-0.4, -0.2) is 29.5 Å². The number of rotatable bonds is 7. The number of anilines is 1. The summed E-state index contributed by atoms with van der Waals surface area (Å²) >= 11 is 0. The average Bonchev–Trinajstić information content (AvgIpc) is 3.12. The highest BCUT2D eigenvalue weighted by Crippen LogP contribution is 2.43. The number of ether oxygens (including phenoxy) is 2. The maximum atomic E-state index is 14.1. The van der Waals surface area contributed by atoms with Crippen LogP contribution in [0, 0.1) is 18.6 Å². The van der Waals surface area contributed by atoms with Gasteiger partial charge in [0.15, 0.2) is 11.6 Å². The Kier molecular flexibility index (Phi) is 7.29. The van der Waals surface area contributed by atoms with Crippen LogP contribution in [0.2, 0.25) is 0 Å². The van der Waals surface area contributed by atoms with Crippen LogP contribution in [0.25, 0.3) is 5.76 Å². The molecule has 1 unspecified atom stereocenters. The summed E-state index contributed by atoms with van der Waals surface area (Å²) in [4.78, 5) is 27.6. The molecule has 0 radical (unpaired) electrons. The standard InChI is InChI=1S/C29H27F2NO5/c1-5-36-21-10-6-18(7-11-21)26-25(27(33)19-8-13-24(17(4)14-19)37-16(2)3)28(34)29(35)32(26)20-9-12-22(30)23(31)15-20/h6-16,26,33H,5H2,1-4H3/b27-25+. The minimum absolute atomic E-state index is 0.0178. The Bertz CT molecular complexity index is 1380. The van der Waals surface area contributed by atoms with Gasteiger partial charge in [-0.2, -0.15) is 0 Å². The van der Waals surface area contributed by atoms with Crippen LogP contribution in [-0.2, 0) is 9.59 Å². The zero-order valence-electron chi connectivity index (χ0n) is 20.9. The number of nitrogens with zero attached hydrogens (tertiary/aromatic N) is 1. The summed E-state index contributed by atoms with van der Waals surface area (Å²) in [5.41, 5.74) is 1.33. The molecule has 3 aromatic carbocycles. The molecule has 1 saturated heterocycles. The molecule has 6 nitrogen and oxygen atoms in total. The Morgan fingerprint density at radius 1 is 1.00 bits per heavy atom. The highest BCUT2D eigenvalue weighted by molar-refractivity contribution is 6.51. The zero-order chi connectivity index (χ0) is 26.9. The van der Waals surface area contributed by atoms with Crippen molar-refractivity contribution in [3.63, 3.8) is 0 Å². The molecule has 0 bridgehead atoms. The first-order chi connectivity index (χ1) is 17.6. The van der Waals surface area contributed by atoms with E-state index in [4.69, 9.17) is 9.47 Å². The molecule has 0 aliphatic carbocycles. The predicted octanol–water partition coefficient (Wildman–Crippen LogP) is 6.09. The Balaban J connectivity index is 1.88. The van der Waals surface area contributed by atoms with Crippen LogP contribution in [0.1, 0.15) is 43.5 Å². The monoisotopic (exact) mass is 507 g/mol. The molecule has 1 atom stereocenters. The number of hydrogen-bond donors (Lipinski definition) is 1. The van der Waals surface area contributed by atoms with Crippen LogP contribution in [0.3, 0.4) is 0 Å². The zero-order valence-corrected chi connectivity index (χ0v) is 20.9. The summed E-state index contributed by atoms with van der Waals surface area (Å²) in [6.45, 7) is 7.88. The molecule has 1 amide bonds. The lowest BCUT2D eigenvalue weighted by atomic mass is 9.94. The number of Topliss-reactive ketones (excluding diaryl/α,β-unsaturated/α-hetero) is 1. The Hall–Kier alpha value is -4.20. The normalized spacial score (nSPS) is 16.9. The van der Waals surface area contributed by atoms with Crippen molar-refractivity contribution in [1.82, 2.24) is 0 Å². The van der Waals surface area contributed by atoms with Gasteiger partial charge in [0.05, 0.1) is 24.3 Å². The molecule has 1 N–H and O–H groups in total. The summed E-state index contributed by atoms with van der Waals surface area (Å²) < 4.78 is 39.0. The second kappa shape index (κ2) is 10.4. The smallest absolute Gasteiger partial charge is 0.300 e. The molecule has 1 fully saturated rings. The number of aliphatic hydroxyl groups excluding tert-OH is 1. The first-order valence-corrected chi connectivity index (χ1v) is 11.9. The van der Waals surface area contributed by atoms with Gasteiger partial charge >= 0.3 is 0 Å². The van der Waals surface area contributed by atoms with Gasteiger partial charge in [0, 0.05) is 17.3 Å². The third-order valence-corrected chi connectivity index (χ3v) is 5.94. The Labute approximate surface area is 213 Å². The fourth-order valence-electron chi connectivity index (χ4n) is 4.30. The quantitative estimate of drug-likeness (QED) is 0.238. The first kappa shape index (κ1) is 25.9. The van der Waals surface area contributed by atoms with E-state index in [1.54, 1.807) is 49.4 Å². The van der Waals surface area contributed by atoms with Crippen molar-refractivity contribution < 1.29 is 33.0 Å². The van der Waals surface area contributed by atoms with Gasteiger partial charge in [0.2, 0.25) is 0 Å². The van der Waals surface area contributed by atoms with Crippen molar-refractivity contribution >= 4 is 23.1 Å². The Morgan fingerprint density at radius 2 is 1.70 bits per heavy atom. The van der Waals surface area contributed by atoms with Gasteiger partial charge in [0.1, 0.15) is 17.3 Å². The molecule has 4 rings (SSSR count). The highest BCUT2D eigenvalue weighted by Gasteiger charge is 2.47. The van der Waals surface area contributed by atoms with E-state index in [2.05, 4.69) is 0 Å². The summed E-state index contributed by atoms with van der Waals surface area (Å²) in [6.07, 6.45) is -0.0563. The van der Waals surface area contributed by atoms with Crippen molar-refractivity contribution in [1.29, 1.82) is 0 Å². The minimum atomic E-state index is -1.17. The van der Waals surface area contributed by atoms with E-state index < -0.39 is 29.4 Å². The molecule has 0 spiro atoms. The largest absolute Gasteiger partial charge is 0.507 e. The van der Waals surface area contributed by atoms with Crippen molar-refractivity contribution in [2.75, 3.05) is 11.5 Å². The van der Waals surface area contributed by atoms with E-state index in [-0.39, 0.29) is 23.1 Å². The molecular formula is C29H27F2NO5. The molecule has 0 aromatic heterocycles. The summed E-state index contributed by atoms with van der Waals surface area (Å²) in [6, 6.07) is 13.5. The molecule has 1 aliphatic heterocycles. The van der Waals surface area contributed by atoms with Gasteiger partial charge in [-0.05, 0) is 81.3 Å². The number of hydrogen-bond acceptors (Lipinski definition) is 5. The van der Waals surface area contributed by atoms with Crippen molar-refractivity contribution in [3.8, 4) is 11.5 Å². The lowest BCUT2D eigenvalue weighted by Crippen LogP contribution is -2.29. The second-order valence-corrected chi connectivity index (χ2v) is 8.92. The van der Waals surface area contributed by atoms with E-state index in [1.165, 1.54) is 6.07 Å². The van der Waals surface area contributed by atoms with Gasteiger partial charge in [-0.25, -0.2) is 8.78 Å². The number of carbonyl (C=O) groups excluding carboxylic acids is 2. The molecule has 3 aromatic rings. The topological polar surface area (TPSA) is 76.1 Å². The third-order valence-electron chi connectivity index (χ3n) is 5.94. The molecule has 0 saturated carbocycles. The third kappa shape index (κ3) is 5.05. The molecule has 37 heavy (non-hydrogen) atoms. The maximum Gasteiger partial charge on any atom is 0.300 e. The van der Waals surface area contributed by atoms with Gasteiger partial charge in [-0.15, -0.1) is 0 Å². The van der Waals surface area contributed by atoms with Crippen molar-refractivity contribution in [2.45, 2.75) is 39.8 Å². The number of amides is 1. The second-order valence-electron chi connectivity index (χ2n) is 8.92. The van der Waals surface area contributed by atoms with E-state index in [9.17, 15) is 23.5 Å². The van der Waals surface area contributed by atoms with Crippen LogP contribution in [0.4, 0.5) is 14.5 Å². The van der Waals surface area contributed by atoms with Crippen LogP contribution in [0.15, 0.2) is 66.2 Å². The number of aryl methyl sites for hydroxylation is 1.